The second-order valence-corrected chi connectivity index (χ2v) is 8.41. The van der Waals surface area contributed by atoms with Crippen molar-refractivity contribution in [3.8, 4) is 0 Å². The third kappa shape index (κ3) is 3.81. The van der Waals surface area contributed by atoms with Gasteiger partial charge in [-0.15, -0.1) is 0 Å². The van der Waals surface area contributed by atoms with Crippen molar-refractivity contribution >= 4 is 5.91 Å². The molecule has 0 bridgehead atoms. The Hall–Kier alpha value is -1.39. The van der Waals surface area contributed by atoms with E-state index in [4.69, 9.17) is 4.74 Å². The highest BCUT2D eigenvalue weighted by molar-refractivity contribution is 5.77. The molecule has 2 atom stereocenters. The zero-order valence-corrected chi connectivity index (χ0v) is 16.1. The number of amides is 1. The standard InChI is InChI=1S/C22H32N2O2/c1-18-6-2-3-7-19(18)8-9-21(25)24-14-11-22(17-24)16-20(10-15-26-22)23-12-4-5-13-23/h2-3,6-7,20H,4-5,8-17H2,1H3/t20-,22-/m1/s1. The molecule has 142 valence electrons. The Bertz CT molecular complexity index is 641. The number of hydrogen-bond acceptors (Lipinski definition) is 3. The highest BCUT2D eigenvalue weighted by atomic mass is 16.5. The number of carbonyl (C=O) groups excluding carboxylic acids is 1. The number of likely N-dealkylation sites (tertiary alicyclic amines) is 2. The lowest BCUT2D eigenvalue weighted by Gasteiger charge is -2.41. The summed E-state index contributed by atoms with van der Waals surface area (Å²) in [5.74, 6) is 0.289. The van der Waals surface area contributed by atoms with E-state index in [1.807, 2.05) is 0 Å². The summed E-state index contributed by atoms with van der Waals surface area (Å²) in [4.78, 5) is 17.5. The molecule has 0 unspecified atom stereocenters. The molecule has 3 aliphatic heterocycles. The minimum Gasteiger partial charge on any atom is -0.373 e. The summed E-state index contributed by atoms with van der Waals surface area (Å²) >= 11 is 0. The largest absolute Gasteiger partial charge is 0.373 e. The Morgan fingerprint density at radius 1 is 1.23 bits per heavy atom. The first kappa shape index (κ1) is 18.0. The second kappa shape index (κ2) is 7.69. The lowest BCUT2D eigenvalue weighted by molar-refractivity contribution is -0.134. The van der Waals surface area contributed by atoms with E-state index in [9.17, 15) is 4.79 Å². The lowest BCUT2D eigenvalue weighted by Crippen LogP contribution is -2.49. The van der Waals surface area contributed by atoms with E-state index in [0.29, 0.717) is 12.5 Å². The van der Waals surface area contributed by atoms with Crippen LogP contribution in [0.1, 0.15) is 49.7 Å². The van der Waals surface area contributed by atoms with Crippen LogP contribution < -0.4 is 0 Å². The average molecular weight is 357 g/mol. The Morgan fingerprint density at radius 2 is 2.04 bits per heavy atom. The summed E-state index contributed by atoms with van der Waals surface area (Å²) < 4.78 is 6.26. The number of nitrogens with zero attached hydrogens (tertiary/aromatic N) is 2. The van der Waals surface area contributed by atoms with Gasteiger partial charge in [0.1, 0.15) is 0 Å². The number of aryl methyl sites for hydroxylation is 2. The van der Waals surface area contributed by atoms with Crippen LogP contribution in [-0.4, -0.2) is 60.1 Å². The fourth-order valence-electron chi connectivity index (χ4n) is 5.05. The quantitative estimate of drug-likeness (QED) is 0.831. The number of benzene rings is 1. The molecule has 0 aliphatic carbocycles. The third-order valence-electron chi connectivity index (χ3n) is 6.66. The molecule has 4 nitrogen and oxygen atoms in total. The SMILES string of the molecule is Cc1ccccc1CCC(=O)N1CC[C@@]2(C[C@H](N3CCCC3)CCO2)C1. The maximum atomic E-state index is 12.8. The van der Waals surface area contributed by atoms with E-state index in [0.717, 1.165) is 45.4 Å². The van der Waals surface area contributed by atoms with E-state index < -0.39 is 0 Å². The number of carbonyl (C=O) groups is 1. The predicted molar refractivity (Wildman–Crippen MR) is 103 cm³/mol. The first-order valence-corrected chi connectivity index (χ1v) is 10.4. The third-order valence-corrected chi connectivity index (χ3v) is 6.66. The maximum absolute atomic E-state index is 12.8. The molecule has 1 amide bonds. The summed E-state index contributed by atoms with van der Waals surface area (Å²) in [7, 11) is 0. The Kier molecular flexibility index (Phi) is 5.32. The molecule has 3 heterocycles. The summed E-state index contributed by atoms with van der Waals surface area (Å²) in [6.45, 7) is 7.13. The zero-order chi connectivity index (χ0) is 18.0. The molecule has 0 saturated carbocycles. The highest BCUT2D eigenvalue weighted by Crippen LogP contribution is 2.37. The van der Waals surface area contributed by atoms with Crippen LogP contribution in [0.15, 0.2) is 24.3 Å². The minimum atomic E-state index is -0.0795. The fraction of sp³-hybridized carbons (Fsp3) is 0.682. The van der Waals surface area contributed by atoms with Gasteiger partial charge in [-0.25, -0.2) is 0 Å². The van der Waals surface area contributed by atoms with Crippen molar-refractivity contribution in [1.82, 2.24) is 9.80 Å². The van der Waals surface area contributed by atoms with Crippen LogP contribution in [0.3, 0.4) is 0 Å². The molecular formula is C22H32N2O2. The van der Waals surface area contributed by atoms with E-state index >= 15 is 0 Å². The lowest BCUT2D eigenvalue weighted by atomic mass is 9.89. The van der Waals surface area contributed by atoms with Crippen LogP contribution in [0, 0.1) is 6.92 Å². The van der Waals surface area contributed by atoms with Crippen LogP contribution >= 0.6 is 0 Å². The van der Waals surface area contributed by atoms with Crippen molar-refractivity contribution in [3.05, 3.63) is 35.4 Å². The van der Waals surface area contributed by atoms with Crippen LogP contribution in [0.4, 0.5) is 0 Å². The molecule has 4 heteroatoms. The van der Waals surface area contributed by atoms with Crippen LogP contribution in [0.2, 0.25) is 0 Å². The normalized spacial score (nSPS) is 29.6. The zero-order valence-electron chi connectivity index (χ0n) is 16.1. The van der Waals surface area contributed by atoms with Gasteiger partial charge in [0.15, 0.2) is 0 Å². The first-order chi connectivity index (χ1) is 12.7. The Morgan fingerprint density at radius 3 is 2.85 bits per heavy atom. The molecule has 0 aromatic heterocycles. The molecule has 4 rings (SSSR count). The van der Waals surface area contributed by atoms with Crippen molar-refractivity contribution in [2.75, 3.05) is 32.8 Å². The minimum absolute atomic E-state index is 0.0795. The molecular weight excluding hydrogens is 324 g/mol. The van der Waals surface area contributed by atoms with Gasteiger partial charge in [-0.05, 0) is 69.7 Å². The first-order valence-electron chi connectivity index (χ1n) is 10.4. The van der Waals surface area contributed by atoms with E-state index in [1.54, 1.807) is 0 Å². The second-order valence-electron chi connectivity index (χ2n) is 8.41. The van der Waals surface area contributed by atoms with Gasteiger partial charge in [0.25, 0.3) is 0 Å². The van der Waals surface area contributed by atoms with Gasteiger partial charge < -0.3 is 14.5 Å². The van der Waals surface area contributed by atoms with E-state index in [1.165, 1.54) is 37.1 Å². The van der Waals surface area contributed by atoms with Crippen LogP contribution in [0.5, 0.6) is 0 Å². The monoisotopic (exact) mass is 356 g/mol. The molecule has 1 spiro atoms. The predicted octanol–water partition coefficient (Wildman–Crippen LogP) is 3.17. The van der Waals surface area contributed by atoms with Crippen LogP contribution in [-0.2, 0) is 16.0 Å². The van der Waals surface area contributed by atoms with Crippen LogP contribution in [0.25, 0.3) is 0 Å². The van der Waals surface area contributed by atoms with Gasteiger partial charge in [-0.3, -0.25) is 4.79 Å². The van der Waals surface area contributed by atoms with E-state index in [-0.39, 0.29) is 11.5 Å². The van der Waals surface area contributed by atoms with Gasteiger partial charge in [0, 0.05) is 32.2 Å². The molecule has 26 heavy (non-hydrogen) atoms. The van der Waals surface area contributed by atoms with Crippen molar-refractivity contribution in [2.45, 2.75) is 63.5 Å². The summed E-state index contributed by atoms with van der Waals surface area (Å²) in [6, 6.07) is 9.04. The fourth-order valence-corrected chi connectivity index (χ4v) is 5.05. The summed E-state index contributed by atoms with van der Waals surface area (Å²) in [5, 5.41) is 0. The van der Waals surface area contributed by atoms with Gasteiger partial charge in [-0.2, -0.15) is 0 Å². The van der Waals surface area contributed by atoms with Crippen molar-refractivity contribution in [3.63, 3.8) is 0 Å². The van der Waals surface area contributed by atoms with Gasteiger partial charge >= 0.3 is 0 Å². The maximum Gasteiger partial charge on any atom is 0.223 e. The van der Waals surface area contributed by atoms with Gasteiger partial charge in [0.2, 0.25) is 5.91 Å². The van der Waals surface area contributed by atoms with Crippen molar-refractivity contribution in [2.24, 2.45) is 0 Å². The topological polar surface area (TPSA) is 32.8 Å². The highest BCUT2D eigenvalue weighted by Gasteiger charge is 2.45. The molecule has 3 aliphatic rings. The summed E-state index contributed by atoms with van der Waals surface area (Å²) in [6.07, 6.45) is 7.40. The average Bonchev–Trinajstić information content (AvgIpc) is 3.32. The van der Waals surface area contributed by atoms with Gasteiger partial charge in [0.05, 0.1) is 5.60 Å². The number of hydrogen-bond donors (Lipinski definition) is 0. The number of ether oxygens (including phenoxy) is 1. The smallest absolute Gasteiger partial charge is 0.223 e. The van der Waals surface area contributed by atoms with Crippen molar-refractivity contribution < 1.29 is 9.53 Å². The Labute approximate surface area is 157 Å². The molecule has 3 saturated heterocycles. The number of rotatable bonds is 4. The molecule has 1 aromatic carbocycles. The Balaban J connectivity index is 1.32. The molecule has 1 aromatic rings. The molecule has 0 radical (unpaired) electrons. The van der Waals surface area contributed by atoms with E-state index in [2.05, 4.69) is 41.0 Å². The molecule has 0 N–H and O–H groups in total. The van der Waals surface area contributed by atoms with Crippen molar-refractivity contribution in [1.29, 1.82) is 0 Å². The van der Waals surface area contributed by atoms with Gasteiger partial charge in [-0.1, -0.05) is 24.3 Å². The summed E-state index contributed by atoms with van der Waals surface area (Å²) in [5.41, 5.74) is 2.49. The molecule has 3 fully saturated rings.